The SMILES string of the molecule is COc1nc(S(C)(=O)=O)c2c(c1Br)CCC2. The lowest BCUT2D eigenvalue weighted by molar-refractivity contribution is 0.390. The molecule has 0 unspecified atom stereocenters. The Balaban J connectivity index is 2.77. The summed E-state index contributed by atoms with van der Waals surface area (Å²) < 4.78 is 29.1. The summed E-state index contributed by atoms with van der Waals surface area (Å²) >= 11 is 3.41. The summed E-state index contributed by atoms with van der Waals surface area (Å²) in [5.41, 5.74) is 1.86. The van der Waals surface area contributed by atoms with Crippen LogP contribution in [-0.4, -0.2) is 26.8 Å². The molecule has 1 heterocycles. The van der Waals surface area contributed by atoms with Gasteiger partial charge in [-0.1, -0.05) is 0 Å². The van der Waals surface area contributed by atoms with Gasteiger partial charge in [-0.25, -0.2) is 13.4 Å². The van der Waals surface area contributed by atoms with Crippen molar-refractivity contribution in [2.75, 3.05) is 13.4 Å². The number of methoxy groups -OCH3 is 1. The number of halogens is 1. The minimum Gasteiger partial charge on any atom is -0.480 e. The highest BCUT2D eigenvalue weighted by atomic mass is 79.9. The first kappa shape index (κ1) is 11.9. The van der Waals surface area contributed by atoms with Gasteiger partial charge >= 0.3 is 0 Å². The van der Waals surface area contributed by atoms with Gasteiger partial charge in [-0.05, 0) is 46.3 Å². The molecule has 1 aromatic heterocycles. The van der Waals surface area contributed by atoms with Crippen LogP contribution in [0, 0.1) is 0 Å². The van der Waals surface area contributed by atoms with Gasteiger partial charge in [0, 0.05) is 6.26 Å². The summed E-state index contributed by atoms with van der Waals surface area (Å²) in [6.45, 7) is 0. The first-order valence-corrected chi connectivity index (χ1v) is 7.59. The molecule has 0 amide bonds. The lowest BCUT2D eigenvalue weighted by Gasteiger charge is -2.11. The molecule has 0 saturated carbocycles. The van der Waals surface area contributed by atoms with E-state index in [1.165, 1.54) is 13.4 Å². The van der Waals surface area contributed by atoms with Crippen molar-refractivity contribution < 1.29 is 13.2 Å². The quantitative estimate of drug-likeness (QED) is 0.835. The van der Waals surface area contributed by atoms with Gasteiger partial charge in [-0.3, -0.25) is 0 Å². The highest BCUT2D eigenvalue weighted by Gasteiger charge is 2.27. The van der Waals surface area contributed by atoms with E-state index in [4.69, 9.17) is 4.74 Å². The summed E-state index contributed by atoms with van der Waals surface area (Å²) in [4.78, 5) is 4.08. The van der Waals surface area contributed by atoms with E-state index >= 15 is 0 Å². The number of nitrogens with zero attached hydrogens (tertiary/aromatic N) is 1. The number of sulfone groups is 1. The van der Waals surface area contributed by atoms with Crippen molar-refractivity contribution >= 4 is 25.8 Å². The van der Waals surface area contributed by atoms with Crippen LogP contribution in [0.3, 0.4) is 0 Å². The molecule has 6 heteroatoms. The zero-order chi connectivity index (χ0) is 11.9. The Morgan fingerprint density at radius 1 is 1.31 bits per heavy atom. The largest absolute Gasteiger partial charge is 0.480 e. The van der Waals surface area contributed by atoms with Gasteiger partial charge in [-0.15, -0.1) is 0 Å². The third kappa shape index (κ3) is 1.84. The third-order valence-electron chi connectivity index (χ3n) is 2.68. The number of fused-ring (bicyclic) bond motifs is 1. The predicted octanol–water partition coefficient (Wildman–Crippen LogP) is 1.74. The second-order valence-corrected chi connectivity index (χ2v) is 6.55. The summed E-state index contributed by atoms with van der Waals surface area (Å²) in [6.07, 6.45) is 3.79. The minimum absolute atomic E-state index is 0.167. The highest BCUT2D eigenvalue weighted by molar-refractivity contribution is 9.10. The Morgan fingerprint density at radius 2 is 1.94 bits per heavy atom. The summed E-state index contributed by atoms with van der Waals surface area (Å²) in [5.74, 6) is 0.348. The van der Waals surface area contributed by atoms with Crippen molar-refractivity contribution in [3.63, 3.8) is 0 Å². The molecule has 0 atom stereocenters. The summed E-state index contributed by atoms with van der Waals surface area (Å²) in [6, 6.07) is 0. The molecule has 1 aliphatic rings. The van der Waals surface area contributed by atoms with Gasteiger partial charge in [-0.2, -0.15) is 0 Å². The standard InChI is InChI=1S/C10H12BrNO3S/c1-15-9-8(11)6-4-3-5-7(6)10(12-9)16(2,13)14/h3-5H2,1-2H3. The molecule has 16 heavy (non-hydrogen) atoms. The van der Waals surface area contributed by atoms with Crippen molar-refractivity contribution in [3.8, 4) is 5.88 Å². The van der Waals surface area contributed by atoms with Crippen LogP contribution in [0.1, 0.15) is 17.5 Å². The average Bonchev–Trinajstić information content (AvgIpc) is 2.65. The Labute approximate surface area is 103 Å². The van der Waals surface area contributed by atoms with Crippen LogP contribution < -0.4 is 4.74 Å². The van der Waals surface area contributed by atoms with E-state index in [9.17, 15) is 8.42 Å². The first-order chi connectivity index (χ1) is 7.45. The number of hydrogen-bond donors (Lipinski definition) is 0. The molecule has 1 aliphatic carbocycles. The van der Waals surface area contributed by atoms with E-state index in [2.05, 4.69) is 20.9 Å². The van der Waals surface area contributed by atoms with Crippen molar-refractivity contribution in [2.24, 2.45) is 0 Å². The molecule has 0 saturated heterocycles. The third-order valence-corrected chi connectivity index (χ3v) is 4.53. The van der Waals surface area contributed by atoms with Crippen LogP contribution in [-0.2, 0) is 22.7 Å². The normalized spacial score (nSPS) is 14.9. The Morgan fingerprint density at radius 3 is 2.50 bits per heavy atom. The van der Waals surface area contributed by atoms with Crippen LogP contribution in [0.4, 0.5) is 0 Å². The first-order valence-electron chi connectivity index (χ1n) is 4.90. The van der Waals surface area contributed by atoms with Crippen LogP contribution in [0.25, 0.3) is 0 Å². The van der Waals surface area contributed by atoms with Crippen LogP contribution in [0.15, 0.2) is 9.50 Å². The van der Waals surface area contributed by atoms with Crippen molar-refractivity contribution in [2.45, 2.75) is 24.3 Å². The maximum absolute atomic E-state index is 11.6. The highest BCUT2D eigenvalue weighted by Crippen LogP contribution is 2.37. The van der Waals surface area contributed by atoms with Gasteiger partial charge in [0.1, 0.15) is 0 Å². The zero-order valence-corrected chi connectivity index (χ0v) is 11.5. The van der Waals surface area contributed by atoms with Crippen LogP contribution in [0.5, 0.6) is 5.88 Å². The molecular formula is C10H12BrNO3S. The molecule has 0 aliphatic heterocycles. The molecule has 4 nitrogen and oxygen atoms in total. The monoisotopic (exact) mass is 305 g/mol. The van der Waals surface area contributed by atoms with Gasteiger partial charge in [0.25, 0.3) is 0 Å². The van der Waals surface area contributed by atoms with Gasteiger partial charge in [0.15, 0.2) is 14.9 Å². The number of aromatic nitrogens is 1. The number of ether oxygens (including phenoxy) is 1. The molecule has 0 aromatic carbocycles. The molecule has 0 radical (unpaired) electrons. The molecule has 1 aromatic rings. The molecule has 2 rings (SSSR count). The predicted molar refractivity (Wildman–Crippen MR) is 63.6 cm³/mol. The second-order valence-electron chi connectivity index (χ2n) is 3.82. The van der Waals surface area contributed by atoms with Crippen LogP contribution >= 0.6 is 15.9 Å². The fourth-order valence-electron chi connectivity index (χ4n) is 2.00. The number of hydrogen-bond acceptors (Lipinski definition) is 4. The zero-order valence-electron chi connectivity index (χ0n) is 9.08. The van der Waals surface area contributed by atoms with Crippen molar-refractivity contribution in [3.05, 3.63) is 15.6 Å². The van der Waals surface area contributed by atoms with E-state index in [1.807, 2.05) is 0 Å². The molecule has 0 N–H and O–H groups in total. The summed E-state index contributed by atoms with van der Waals surface area (Å²) in [7, 11) is -1.80. The lowest BCUT2D eigenvalue weighted by atomic mass is 10.2. The maximum Gasteiger partial charge on any atom is 0.229 e. The van der Waals surface area contributed by atoms with Gasteiger partial charge in [0.2, 0.25) is 5.88 Å². The topological polar surface area (TPSA) is 56.3 Å². The average molecular weight is 306 g/mol. The maximum atomic E-state index is 11.6. The lowest BCUT2D eigenvalue weighted by Crippen LogP contribution is -2.07. The van der Waals surface area contributed by atoms with Crippen molar-refractivity contribution in [1.82, 2.24) is 4.98 Å². The van der Waals surface area contributed by atoms with Gasteiger partial charge in [0.05, 0.1) is 11.6 Å². The van der Waals surface area contributed by atoms with Gasteiger partial charge < -0.3 is 4.74 Å². The Kier molecular flexibility index (Phi) is 2.96. The van der Waals surface area contributed by atoms with E-state index in [-0.39, 0.29) is 5.03 Å². The smallest absolute Gasteiger partial charge is 0.229 e. The van der Waals surface area contributed by atoms with E-state index in [1.54, 1.807) is 0 Å². The minimum atomic E-state index is -3.29. The Bertz CT molecular complexity index is 539. The Hall–Kier alpha value is -0.620. The van der Waals surface area contributed by atoms with E-state index in [0.717, 1.165) is 34.9 Å². The van der Waals surface area contributed by atoms with E-state index in [0.29, 0.717) is 5.88 Å². The number of rotatable bonds is 2. The molecule has 88 valence electrons. The molecule has 0 fully saturated rings. The molecular weight excluding hydrogens is 294 g/mol. The summed E-state index contributed by atoms with van der Waals surface area (Å²) in [5, 5.41) is 0.167. The number of pyridine rings is 1. The second kappa shape index (κ2) is 4.00. The van der Waals surface area contributed by atoms with Crippen molar-refractivity contribution in [1.29, 1.82) is 0 Å². The van der Waals surface area contributed by atoms with Crippen LogP contribution in [0.2, 0.25) is 0 Å². The fourth-order valence-corrected chi connectivity index (χ4v) is 3.61. The van der Waals surface area contributed by atoms with E-state index < -0.39 is 9.84 Å². The molecule has 0 spiro atoms. The molecule has 0 bridgehead atoms. The fraction of sp³-hybridized carbons (Fsp3) is 0.500.